The molecule has 1 aromatic carbocycles. The van der Waals surface area contributed by atoms with Crippen molar-refractivity contribution in [2.24, 2.45) is 5.92 Å². The van der Waals surface area contributed by atoms with E-state index in [2.05, 4.69) is 0 Å². The highest BCUT2D eigenvalue weighted by molar-refractivity contribution is 6.30. The zero-order valence-corrected chi connectivity index (χ0v) is 17.1. The number of likely N-dealkylation sites (N-methyl/N-ethyl adjacent to an activating group) is 1. The first-order valence-electron chi connectivity index (χ1n) is 8.85. The fraction of sp³-hybridized carbons (Fsp3) is 0.526. The molecule has 0 bridgehead atoms. The normalized spacial score (nSPS) is 19.2. The summed E-state index contributed by atoms with van der Waals surface area (Å²) >= 11 is 5.89. The Morgan fingerprint density at radius 2 is 1.86 bits per heavy atom. The lowest BCUT2D eigenvalue weighted by molar-refractivity contribution is -0.144. The van der Waals surface area contributed by atoms with E-state index in [-0.39, 0.29) is 25.1 Å². The number of benzene rings is 1. The standard InChI is InChI=1S/C17H23ClN2O4.C2H4O2/c1-19(2)14-7-6-12(17(22)23)9-20(10-14)16(21)11-24-15-5-3-4-13(18)8-15;1-2(3)4/h3-5,8,12,14H,6-7,9-11H2,1-2H3,(H,22,23);1H3,(H,3,4)/t12-,14+;/m0./s1. The Bertz CT molecular complexity index is 678. The largest absolute Gasteiger partial charge is 0.484 e. The van der Waals surface area contributed by atoms with Crippen LogP contribution in [0.4, 0.5) is 0 Å². The quantitative estimate of drug-likeness (QED) is 0.759. The molecule has 0 saturated carbocycles. The van der Waals surface area contributed by atoms with Crippen LogP contribution in [0.2, 0.25) is 5.02 Å². The minimum Gasteiger partial charge on any atom is -0.484 e. The lowest BCUT2D eigenvalue weighted by atomic mass is 10.0. The summed E-state index contributed by atoms with van der Waals surface area (Å²) in [4.78, 5) is 36.5. The van der Waals surface area contributed by atoms with E-state index in [1.807, 2.05) is 19.0 Å². The third-order valence-electron chi connectivity index (χ3n) is 4.31. The molecule has 2 rings (SSSR count). The van der Waals surface area contributed by atoms with Crippen LogP contribution < -0.4 is 4.74 Å². The number of carbonyl (C=O) groups excluding carboxylic acids is 1. The lowest BCUT2D eigenvalue weighted by Gasteiger charge is -2.28. The van der Waals surface area contributed by atoms with E-state index in [9.17, 15) is 14.7 Å². The van der Waals surface area contributed by atoms with Crippen molar-refractivity contribution < 1.29 is 29.3 Å². The van der Waals surface area contributed by atoms with Gasteiger partial charge in [-0.1, -0.05) is 17.7 Å². The number of aliphatic carboxylic acids is 2. The van der Waals surface area contributed by atoms with Crippen LogP contribution in [0.1, 0.15) is 19.8 Å². The Labute approximate surface area is 169 Å². The molecular weight excluding hydrogens is 388 g/mol. The summed E-state index contributed by atoms with van der Waals surface area (Å²) in [5.41, 5.74) is 0. The van der Waals surface area contributed by atoms with Crippen molar-refractivity contribution in [2.75, 3.05) is 33.8 Å². The molecule has 0 aliphatic carbocycles. The van der Waals surface area contributed by atoms with Gasteiger partial charge in [-0.05, 0) is 45.1 Å². The van der Waals surface area contributed by atoms with Crippen LogP contribution in [-0.2, 0) is 14.4 Å². The number of ether oxygens (including phenoxy) is 1. The first kappa shape index (κ1) is 23.7. The molecule has 28 heavy (non-hydrogen) atoms. The zero-order valence-electron chi connectivity index (χ0n) is 16.3. The maximum atomic E-state index is 12.5. The van der Waals surface area contributed by atoms with Gasteiger partial charge in [-0.2, -0.15) is 0 Å². The molecule has 1 heterocycles. The van der Waals surface area contributed by atoms with E-state index in [0.29, 0.717) is 23.7 Å². The molecule has 0 unspecified atom stereocenters. The topological polar surface area (TPSA) is 107 Å². The molecule has 2 N–H and O–H groups in total. The molecule has 1 saturated heterocycles. The number of carboxylic acids is 2. The minimum absolute atomic E-state index is 0.132. The maximum Gasteiger partial charge on any atom is 0.308 e. The predicted molar refractivity (Wildman–Crippen MR) is 105 cm³/mol. The Morgan fingerprint density at radius 1 is 1.21 bits per heavy atom. The molecule has 2 atom stereocenters. The highest BCUT2D eigenvalue weighted by Gasteiger charge is 2.31. The van der Waals surface area contributed by atoms with E-state index in [0.717, 1.165) is 13.3 Å². The van der Waals surface area contributed by atoms with Crippen LogP contribution in [0, 0.1) is 5.92 Å². The van der Waals surface area contributed by atoms with Crippen molar-refractivity contribution in [3.63, 3.8) is 0 Å². The molecule has 9 heteroatoms. The average molecular weight is 415 g/mol. The van der Waals surface area contributed by atoms with Crippen molar-refractivity contribution in [1.29, 1.82) is 0 Å². The molecule has 8 nitrogen and oxygen atoms in total. The minimum atomic E-state index is -0.858. The van der Waals surface area contributed by atoms with Gasteiger partial charge in [0.25, 0.3) is 11.9 Å². The summed E-state index contributed by atoms with van der Waals surface area (Å²) in [5.74, 6) is -1.92. The number of amides is 1. The third-order valence-corrected chi connectivity index (χ3v) is 4.55. The Balaban J connectivity index is 0.000000892. The molecule has 0 spiro atoms. The average Bonchev–Trinajstić information content (AvgIpc) is 2.83. The molecular formula is C19H27ClN2O6. The van der Waals surface area contributed by atoms with Crippen LogP contribution in [0.3, 0.4) is 0 Å². The van der Waals surface area contributed by atoms with Crippen molar-refractivity contribution in [3.8, 4) is 5.75 Å². The van der Waals surface area contributed by atoms with E-state index in [4.69, 9.17) is 26.2 Å². The molecule has 1 aliphatic heterocycles. The van der Waals surface area contributed by atoms with E-state index in [1.165, 1.54) is 0 Å². The summed E-state index contributed by atoms with van der Waals surface area (Å²) in [6.07, 6.45) is 1.32. The molecule has 0 aromatic heterocycles. The number of nitrogens with zero attached hydrogens (tertiary/aromatic N) is 2. The molecule has 1 aliphatic rings. The number of carboxylic acid groups (broad SMARTS) is 2. The molecule has 1 fully saturated rings. The third kappa shape index (κ3) is 8.58. The highest BCUT2D eigenvalue weighted by atomic mass is 35.5. The first-order valence-corrected chi connectivity index (χ1v) is 9.22. The fourth-order valence-electron chi connectivity index (χ4n) is 2.79. The van der Waals surface area contributed by atoms with Crippen LogP contribution in [0.25, 0.3) is 0 Å². The molecule has 156 valence electrons. The number of rotatable bonds is 5. The Kier molecular flexibility index (Phi) is 9.75. The summed E-state index contributed by atoms with van der Waals surface area (Å²) in [6.45, 7) is 1.68. The fourth-order valence-corrected chi connectivity index (χ4v) is 2.97. The van der Waals surface area contributed by atoms with Crippen LogP contribution >= 0.6 is 11.6 Å². The van der Waals surface area contributed by atoms with Gasteiger partial charge in [0.05, 0.1) is 5.92 Å². The predicted octanol–water partition coefficient (Wildman–Crippen LogP) is 2.06. The summed E-state index contributed by atoms with van der Waals surface area (Å²) < 4.78 is 5.50. The molecule has 1 aromatic rings. The van der Waals surface area contributed by atoms with Gasteiger partial charge in [-0.3, -0.25) is 14.4 Å². The van der Waals surface area contributed by atoms with Crippen LogP contribution in [0.5, 0.6) is 5.75 Å². The Morgan fingerprint density at radius 3 is 2.39 bits per heavy atom. The lowest BCUT2D eigenvalue weighted by Crippen LogP contribution is -2.44. The van der Waals surface area contributed by atoms with Crippen molar-refractivity contribution in [1.82, 2.24) is 9.80 Å². The van der Waals surface area contributed by atoms with Gasteiger partial charge in [-0.15, -0.1) is 0 Å². The van der Waals surface area contributed by atoms with Gasteiger partial charge in [0.1, 0.15) is 5.75 Å². The van der Waals surface area contributed by atoms with Gasteiger partial charge in [0.2, 0.25) is 0 Å². The van der Waals surface area contributed by atoms with Gasteiger partial charge in [-0.25, -0.2) is 0 Å². The van der Waals surface area contributed by atoms with Crippen LogP contribution in [-0.4, -0.2) is 77.7 Å². The smallest absolute Gasteiger partial charge is 0.308 e. The van der Waals surface area contributed by atoms with E-state index < -0.39 is 17.9 Å². The summed E-state index contributed by atoms with van der Waals surface area (Å²) in [5, 5.41) is 17.3. The van der Waals surface area contributed by atoms with Gasteiger partial charge >= 0.3 is 5.97 Å². The SMILES string of the molecule is CC(=O)O.CN(C)[C@@H]1CC[C@H](C(=O)O)CN(C(=O)COc2cccc(Cl)c2)C1. The van der Waals surface area contributed by atoms with Crippen molar-refractivity contribution in [2.45, 2.75) is 25.8 Å². The summed E-state index contributed by atoms with van der Waals surface area (Å²) in [7, 11) is 3.88. The summed E-state index contributed by atoms with van der Waals surface area (Å²) in [6, 6.07) is 6.98. The van der Waals surface area contributed by atoms with E-state index in [1.54, 1.807) is 29.2 Å². The number of hydrogen-bond donors (Lipinski definition) is 2. The van der Waals surface area contributed by atoms with Crippen molar-refractivity contribution in [3.05, 3.63) is 29.3 Å². The zero-order chi connectivity index (χ0) is 21.3. The second kappa shape index (κ2) is 11.5. The molecule has 0 radical (unpaired) electrons. The van der Waals surface area contributed by atoms with Gasteiger partial charge in [0, 0.05) is 31.1 Å². The molecule has 1 amide bonds. The number of hydrogen-bond acceptors (Lipinski definition) is 5. The van der Waals surface area contributed by atoms with Gasteiger partial charge < -0.3 is 24.7 Å². The second-order valence-corrected chi connectivity index (χ2v) is 7.23. The number of carbonyl (C=O) groups is 3. The second-order valence-electron chi connectivity index (χ2n) is 6.79. The number of halogens is 1. The highest BCUT2D eigenvalue weighted by Crippen LogP contribution is 2.21. The van der Waals surface area contributed by atoms with Crippen LogP contribution in [0.15, 0.2) is 24.3 Å². The van der Waals surface area contributed by atoms with E-state index >= 15 is 0 Å². The Hall–Kier alpha value is -2.32. The maximum absolute atomic E-state index is 12.5. The number of likely N-dealkylation sites (tertiary alicyclic amines) is 1. The monoisotopic (exact) mass is 414 g/mol. The first-order chi connectivity index (χ1) is 13.1. The van der Waals surface area contributed by atoms with Crippen molar-refractivity contribution >= 4 is 29.4 Å². The van der Waals surface area contributed by atoms with Gasteiger partial charge in [0.15, 0.2) is 6.61 Å².